The minimum Gasteiger partial charge on any atom is -0.490 e. The summed E-state index contributed by atoms with van der Waals surface area (Å²) >= 11 is 20.8. The van der Waals surface area contributed by atoms with Crippen LogP contribution >= 0.6 is 46.6 Å². The predicted octanol–water partition coefficient (Wildman–Crippen LogP) is 10.4. The second kappa shape index (κ2) is 13.5. The fraction of sp³-hybridized carbons (Fsp3) is 0.176. The normalized spacial score (nSPS) is 15.0. The van der Waals surface area contributed by atoms with Gasteiger partial charge in [0.1, 0.15) is 6.61 Å². The van der Waals surface area contributed by atoms with Crippen LogP contribution in [-0.4, -0.2) is 17.7 Å². The van der Waals surface area contributed by atoms with Gasteiger partial charge in [-0.15, -0.1) is 0 Å². The molecule has 4 aromatic rings. The lowest BCUT2D eigenvalue weighted by molar-refractivity contribution is -0.113. The van der Waals surface area contributed by atoms with E-state index in [0.29, 0.717) is 66.8 Å². The monoisotopic (exact) mass is 650 g/mol. The molecule has 0 bridgehead atoms. The Morgan fingerprint density at radius 1 is 0.837 bits per heavy atom. The summed E-state index contributed by atoms with van der Waals surface area (Å²) in [5.41, 5.74) is 5.97. The maximum atomic E-state index is 13.9. The number of thioether (sulfide) groups is 1. The minimum absolute atomic E-state index is 0.240. The van der Waals surface area contributed by atoms with Gasteiger partial charge < -0.3 is 9.47 Å². The van der Waals surface area contributed by atoms with Gasteiger partial charge in [-0.25, -0.2) is 4.99 Å². The van der Waals surface area contributed by atoms with E-state index in [1.807, 2.05) is 82.3 Å². The molecule has 0 saturated carbocycles. The SMILES string of the molecule is CCOc1cc(/C=C2/SC(=Nc3ccc(C)c(Cl)c3)N(c3ccc(C)c(Cl)c3)C2=O)cc(Cl)c1OCc1ccc(C)cc1. The van der Waals surface area contributed by atoms with Crippen molar-refractivity contribution in [3.05, 3.63) is 121 Å². The van der Waals surface area contributed by atoms with Crippen LogP contribution in [0.4, 0.5) is 11.4 Å². The molecule has 220 valence electrons. The Hall–Kier alpha value is -3.42. The first-order chi connectivity index (χ1) is 20.6. The van der Waals surface area contributed by atoms with Crippen LogP contribution in [0.15, 0.2) is 82.7 Å². The summed E-state index contributed by atoms with van der Waals surface area (Å²) in [5, 5.41) is 2.01. The molecule has 1 aliphatic heterocycles. The van der Waals surface area contributed by atoms with Gasteiger partial charge in [0.05, 0.1) is 27.9 Å². The van der Waals surface area contributed by atoms with Crippen LogP contribution < -0.4 is 14.4 Å². The number of rotatable bonds is 8. The molecule has 0 aromatic heterocycles. The lowest BCUT2D eigenvalue weighted by atomic mass is 10.1. The first-order valence-electron chi connectivity index (χ1n) is 13.6. The number of nitrogens with zero attached hydrogens (tertiary/aromatic N) is 2. The van der Waals surface area contributed by atoms with Crippen molar-refractivity contribution in [2.45, 2.75) is 34.3 Å². The van der Waals surface area contributed by atoms with Crippen molar-refractivity contribution in [2.75, 3.05) is 11.5 Å². The Labute approximate surface area is 271 Å². The van der Waals surface area contributed by atoms with Crippen LogP contribution in [0.5, 0.6) is 11.5 Å². The van der Waals surface area contributed by atoms with E-state index in [4.69, 9.17) is 49.3 Å². The molecule has 1 aliphatic rings. The maximum absolute atomic E-state index is 13.9. The summed E-state index contributed by atoms with van der Waals surface area (Å²) in [6.07, 6.45) is 1.78. The number of amidine groups is 1. The second-order valence-corrected chi connectivity index (χ2v) is 12.3. The number of aliphatic imine (C=N–C) groups is 1. The van der Waals surface area contributed by atoms with Gasteiger partial charge in [-0.2, -0.15) is 0 Å². The number of hydrogen-bond donors (Lipinski definition) is 0. The molecule has 0 aliphatic carbocycles. The van der Waals surface area contributed by atoms with Gasteiger partial charge in [-0.3, -0.25) is 9.69 Å². The average molecular weight is 652 g/mol. The highest BCUT2D eigenvalue weighted by atomic mass is 35.5. The Kier molecular flexibility index (Phi) is 9.72. The fourth-order valence-electron chi connectivity index (χ4n) is 4.32. The molecule has 4 aromatic carbocycles. The average Bonchev–Trinajstić information content (AvgIpc) is 3.26. The molecule has 1 fully saturated rings. The smallest absolute Gasteiger partial charge is 0.271 e. The van der Waals surface area contributed by atoms with Crippen LogP contribution in [0.25, 0.3) is 6.08 Å². The predicted molar refractivity (Wildman–Crippen MR) is 181 cm³/mol. The third-order valence-corrected chi connectivity index (χ3v) is 8.80. The number of aryl methyl sites for hydroxylation is 3. The van der Waals surface area contributed by atoms with E-state index in [0.717, 1.165) is 16.7 Å². The molecule has 5 rings (SSSR count). The highest BCUT2D eigenvalue weighted by molar-refractivity contribution is 8.19. The molecule has 9 heteroatoms. The van der Waals surface area contributed by atoms with Crippen molar-refractivity contribution in [2.24, 2.45) is 4.99 Å². The zero-order valence-electron chi connectivity index (χ0n) is 24.1. The van der Waals surface area contributed by atoms with Crippen LogP contribution in [0.3, 0.4) is 0 Å². The Balaban J connectivity index is 1.51. The van der Waals surface area contributed by atoms with Gasteiger partial charge >= 0.3 is 0 Å². The van der Waals surface area contributed by atoms with Crippen molar-refractivity contribution >= 4 is 75.1 Å². The number of benzene rings is 4. The molecular weight excluding hydrogens is 623 g/mol. The number of amides is 1. The number of hydrogen-bond acceptors (Lipinski definition) is 5. The lowest BCUT2D eigenvalue weighted by Crippen LogP contribution is -2.28. The van der Waals surface area contributed by atoms with E-state index in [9.17, 15) is 4.79 Å². The van der Waals surface area contributed by atoms with E-state index in [-0.39, 0.29) is 5.91 Å². The van der Waals surface area contributed by atoms with Crippen molar-refractivity contribution < 1.29 is 14.3 Å². The zero-order valence-corrected chi connectivity index (χ0v) is 27.2. The van der Waals surface area contributed by atoms with Crippen molar-refractivity contribution in [1.82, 2.24) is 0 Å². The van der Waals surface area contributed by atoms with Gasteiger partial charge in [0.15, 0.2) is 16.7 Å². The van der Waals surface area contributed by atoms with Crippen molar-refractivity contribution in [3.8, 4) is 11.5 Å². The molecule has 43 heavy (non-hydrogen) atoms. The Bertz CT molecular complexity index is 1750. The van der Waals surface area contributed by atoms with Crippen molar-refractivity contribution in [3.63, 3.8) is 0 Å². The zero-order chi connectivity index (χ0) is 30.7. The molecule has 1 amide bonds. The molecular formula is C34H29Cl3N2O3S. The number of halogens is 3. The van der Waals surface area contributed by atoms with Crippen LogP contribution in [0.1, 0.15) is 34.7 Å². The number of ether oxygens (including phenoxy) is 2. The van der Waals surface area contributed by atoms with E-state index in [1.54, 1.807) is 29.2 Å². The third-order valence-electron chi connectivity index (χ3n) is 6.73. The van der Waals surface area contributed by atoms with Crippen molar-refractivity contribution in [1.29, 1.82) is 0 Å². The van der Waals surface area contributed by atoms with Gasteiger partial charge in [0.25, 0.3) is 5.91 Å². The topological polar surface area (TPSA) is 51.1 Å². The van der Waals surface area contributed by atoms with E-state index < -0.39 is 0 Å². The minimum atomic E-state index is -0.240. The van der Waals surface area contributed by atoms with E-state index >= 15 is 0 Å². The van der Waals surface area contributed by atoms with Gasteiger partial charge in [0, 0.05) is 10.0 Å². The fourth-order valence-corrected chi connectivity index (χ4v) is 5.95. The lowest BCUT2D eigenvalue weighted by Gasteiger charge is -2.17. The highest BCUT2D eigenvalue weighted by Gasteiger charge is 2.35. The number of carbonyl (C=O) groups is 1. The molecule has 1 saturated heterocycles. The van der Waals surface area contributed by atoms with Crippen LogP contribution in [-0.2, 0) is 11.4 Å². The molecule has 0 spiro atoms. The molecule has 0 atom stereocenters. The summed E-state index contributed by atoms with van der Waals surface area (Å²) in [6, 6.07) is 22.7. The number of anilines is 1. The molecule has 0 radical (unpaired) electrons. The highest BCUT2D eigenvalue weighted by Crippen LogP contribution is 2.42. The molecule has 0 N–H and O–H groups in total. The summed E-state index contributed by atoms with van der Waals surface area (Å²) < 4.78 is 12.0. The maximum Gasteiger partial charge on any atom is 0.271 e. The quantitative estimate of drug-likeness (QED) is 0.178. The second-order valence-electron chi connectivity index (χ2n) is 10.0. The Morgan fingerprint density at radius 2 is 1.53 bits per heavy atom. The largest absolute Gasteiger partial charge is 0.490 e. The van der Waals surface area contributed by atoms with E-state index in [1.165, 1.54) is 17.3 Å². The first-order valence-corrected chi connectivity index (χ1v) is 15.6. The van der Waals surface area contributed by atoms with Gasteiger partial charge in [-0.1, -0.05) is 76.8 Å². The van der Waals surface area contributed by atoms with Crippen LogP contribution in [0.2, 0.25) is 15.1 Å². The van der Waals surface area contributed by atoms with Gasteiger partial charge in [0.2, 0.25) is 0 Å². The summed E-state index contributed by atoms with van der Waals surface area (Å²) in [6.45, 7) is 8.53. The molecule has 0 unspecified atom stereocenters. The van der Waals surface area contributed by atoms with E-state index in [2.05, 4.69) is 0 Å². The standard InChI is InChI=1S/C34H29Cl3N2O3S/c1-5-41-30-15-24(14-29(37)32(30)42-19-23-10-6-20(2)7-11-23)16-31-33(40)39(26-13-9-22(4)28(36)18-26)34(43-31)38-25-12-8-21(3)27(35)17-25/h6-18H,5,19H2,1-4H3/b31-16+,38-34?. The summed E-state index contributed by atoms with van der Waals surface area (Å²) in [5.74, 6) is 0.705. The Morgan fingerprint density at radius 3 is 2.21 bits per heavy atom. The molecule has 5 nitrogen and oxygen atoms in total. The summed E-state index contributed by atoms with van der Waals surface area (Å²) in [4.78, 5) is 20.7. The summed E-state index contributed by atoms with van der Waals surface area (Å²) in [7, 11) is 0. The first kappa shape index (κ1) is 31.0. The van der Waals surface area contributed by atoms with Crippen LogP contribution in [0, 0.1) is 20.8 Å². The molecule has 1 heterocycles. The number of carbonyl (C=O) groups excluding carboxylic acids is 1. The van der Waals surface area contributed by atoms with Gasteiger partial charge in [-0.05, 0) is 104 Å². The third kappa shape index (κ3) is 7.22.